The average molecular weight is 216 g/mol. The quantitative estimate of drug-likeness (QED) is 0.703. The number of nitrogens with one attached hydrogen (secondary N) is 1. The summed E-state index contributed by atoms with van der Waals surface area (Å²) >= 11 is 0. The summed E-state index contributed by atoms with van der Waals surface area (Å²) in [6.45, 7) is 4.48. The molecule has 0 aliphatic carbocycles. The van der Waals surface area contributed by atoms with Crippen molar-refractivity contribution >= 4 is 12.0 Å². The van der Waals surface area contributed by atoms with Crippen LogP contribution in [0.5, 0.6) is 0 Å². The van der Waals surface area contributed by atoms with Crippen LogP contribution in [0.3, 0.4) is 0 Å². The van der Waals surface area contributed by atoms with Crippen molar-refractivity contribution in [3.05, 3.63) is 0 Å². The van der Waals surface area contributed by atoms with Crippen LogP contribution in [0.2, 0.25) is 0 Å². The van der Waals surface area contributed by atoms with Gasteiger partial charge in [0.25, 0.3) is 0 Å². The molecule has 0 rings (SSSR count). The molecule has 0 aromatic rings. The summed E-state index contributed by atoms with van der Waals surface area (Å²) in [7, 11) is 1.66. The Hall–Kier alpha value is -1.26. The highest BCUT2D eigenvalue weighted by molar-refractivity contribution is 5.82. The van der Waals surface area contributed by atoms with E-state index in [9.17, 15) is 9.59 Å². The summed E-state index contributed by atoms with van der Waals surface area (Å²) in [4.78, 5) is 23.7. The molecule has 0 fully saturated rings. The fourth-order valence-corrected chi connectivity index (χ4v) is 1.24. The van der Waals surface area contributed by atoms with Crippen molar-refractivity contribution in [2.24, 2.45) is 0 Å². The van der Waals surface area contributed by atoms with Crippen LogP contribution < -0.4 is 5.32 Å². The van der Waals surface area contributed by atoms with Crippen LogP contribution in [0, 0.1) is 0 Å². The average Bonchev–Trinajstić information content (AvgIpc) is 2.17. The van der Waals surface area contributed by atoms with Crippen molar-refractivity contribution < 1.29 is 14.7 Å². The van der Waals surface area contributed by atoms with E-state index < -0.39 is 12.0 Å². The molecular formula is C10H20N2O3. The first-order valence-corrected chi connectivity index (χ1v) is 5.27. The topological polar surface area (TPSA) is 69.6 Å². The number of amides is 2. The van der Waals surface area contributed by atoms with Gasteiger partial charge in [-0.3, -0.25) is 0 Å². The van der Waals surface area contributed by atoms with Gasteiger partial charge in [-0.2, -0.15) is 0 Å². The largest absolute Gasteiger partial charge is 0.480 e. The van der Waals surface area contributed by atoms with Crippen LogP contribution in [-0.2, 0) is 4.79 Å². The normalized spacial score (nSPS) is 11.9. The van der Waals surface area contributed by atoms with Gasteiger partial charge < -0.3 is 15.3 Å². The fourth-order valence-electron chi connectivity index (χ4n) is 1.24. The van der Waals surface area contributed by atoms with Gasteiger partial charge in [0.15, 0.2) is 0 Å². The van der Waals surface area contributed by atoms with E-state index in [2.05, 4.69) is 5.32 Å². The molecule has 0 heterocycles. The van der Waals surface area contributed by atoms with Crippen molar-refractivity contribution in [2.75, 3.05) is 13.6 Å². The Bertz CT molecular complexity index is 219. The van der Waals surface area contributed by atoms with Gasteiger partial charge in [0.1, 0.15) is 6.04 Å². The molecule has 2 N–H and O–H groups in total. The van der Waals surface area contributed by atoms with E-state index in [4.69, 9.17) is 5.11 Å². The molecule has 0 aromatic heterocycles. The van der Waals surface area contributed by atoms with Crippen LogP contribution in [0.4, 0.5) is 4.79 Å². The van der Waals surface area contributed by atoms with E-state index in [0.29, 0.717) is 13.0 Å². The summed E-state index contributed by atoms with van der Waals surface area (Å²) < 4.78 is 0. The predicted octanol–water partition coefficient (Wildman–Crippen LogP) is 1.29. The molecule has 0 bridgehead atoms. The molecule has 0 aliphatic heterocycles. The maximum Gasteiger partial charge on any atom is 0.326 e. The lowest BCUT2D eigenvalue weighted by Crippen LogP contribution is -2.46. The van der Waals surface area contributed by atoms with Crippen LogP contribution in [-0.4, -0.2) is 41.6 Å². The number of aliphatic carboxylic acids is 1. The number of rotatable bonds is 6. The van der Waals surface area contributed by atoms with Gasteiger partial charge in [-0.05, 0) is 12.8 Å². The summed E-state index contributed by atoms with van der Waals surface area (Å²) in [5.74, 6) is -0.977. The first kappa shape index (κ1) is 13.7. The summed E-state index contributed by atoms with van der Waals surface area (Å²) in [6, 6.07) is -1.10. The maximum atomic E-state index is 11.5. The Kier molecular flexibility index (Phi) is 6.49. The highest BCUT2D eigenvalue weighted by Gasteiger charge is 2.20. The van der Waals surface area contributed by atoms with Crippen LogP contribution >= 0.6 is 0 Å². The molecule has 0 aliphatic rings. The van der Waals surface area contributed by atoms with Gasteiger partial charge in [-0.1, -0.05) is 20.3 Å². The maximum absolute atomic E-state index is 11.5. The molecule has 1 atom stereocenters. The van der Waals surface area contributed by atoms with E-state index in [1.54, 1.807) is 7.05 Å². The number of hydrogen-bond donors (Lipinski definition) is 2. The molecule has 15 heavy (non-hydrogen) atoms. The summed E-state index contributed by atoms with van der Waals surface area (Å²) in [5, 5.41) is 11.3. The highest BCUT2D eigenvalue weighted by atomic mass is 16.4. The minimum Gasteiger partial charge on any atom is -0.480 e. The second kappa shape index (κ2) is 7.09. The van der Waals surface area contributed by atoms with Gasteiger partial charge >= 0.3 is 12.0 Å². The number of nitrogens with zero attached hydrogens (tertiary/aromatic N) is 1. The van der Waals surface area contributed by atoms with E-state index in [0.717, 1.165) is 12.8 Å². The van der Waals surface area contributed by atoms with Gasteiger partial charge in [0, 0.05) is 13.6 Å². The van der Waals surface area contributed by atoms with Gasteiger partial charge in [0.2, 0.25) is 0 Å². The molecular weight excluding hydrogens is 196 g/mol. The molecule has 2 amide bonds. The Labute approximate surface area is 90.5 Å². The SMILES string of the molecule is CCCC(NC(=O)N(C)CCC)C(=O)O. The van der Waals surface area contributed by atoms with Crippen molar-refractivity contribution in [2.45, 2.75) is 39.2 Å². The van der Waals surface area contributed by atoms with Crippen LogP contribution in [0.25, 0.3) is 0 Å². The third-order valence-corrected chi connectivity index (χ3v) is 2.08. The second-order valence-electron chi connectivity index (χ2n) is 3.55. The molecule has 0 saturated carbocycles. The third kappa shape index (κ3) is 5.24. The first-order chi connectivity index (χ1) is 7.02. The van der Waals surface area contributed by atoms with Gasteiger partial charge in [-0.25, -0.2) is 9.59 Å². The van der Waals surface area contributed by atoms with Crippen molar-refractivity contribution in [3.8, 4) is 0 Å². The lowest BCUT2D eigenvalue weighted by molar-refractivity contribution is -0.139. The number of carbonyl (C=O) groups is 2. The Morgan fingerprint density at radius 3 is 2.33 bits per heavy atom. The van der Waals surface area contributed by atoms with E-state index in [1.807, 2.05) is 13.8 Å². The lowest BCUT2D eigenvalue weighted by Gasteiger charge is -2.20. The van der Waals surface area contributed by atoms with Crippen LogP contribution in [0.15, 0.2) is 0 Å². The summed E-state index contributed by atoms with van der Waals surface area (Å²) in [6.07, 6.45) is 2.05. The summed E-state index contributed by atoms with van der Waals surface area (Å²) in [5.41, 5.74) is 0. The van der Waals surface area contributed by atoms with E-state index in [1.165, 1.54) is 4.90 Å². The number of carboxylic acids is 1. The fraction of sp³-hybridized carbons (Fsp3) is 0.800. The van der Waals surface area contributed by atoms with E-state index in [-0.39, 0.29) is 6.03 Å². The van der Waals surface area contributed by atoms with Crippen molar-refractivity contribution in [1.82, 2.24) is 10.2 Å². The zero-order valence-electron chi connectivity index (χ0n) is 9.62. The minimum absolute atomic E-state index is 0.322. The number of carboxylic acid groups (broad SMARTS) is 1. The lowest BCUT2D eigenvalue weighted by atomic mass is 10.2. The van der Waals surface area contributed by atoms with E-state index >= 15 is 0 Å². The number of urea groups is 1. The molecule has 5 nitrogen and oxygen atoms in total. The minimum atomic E-state index is -0.977. The molecule has 0 saturated heterocycles. The number of hydrogen-bond acceptors (Lipinski definition) is 2. The monoisotopic (exact) mass is 216 g/mol. The Balaban J connectivity index is 4.15. The zero-order chi connectivity index (χ0) is 11.8. The zero-order valence-corrected chi connectivity index (χ0v) is 9.62. The highest BCUT2D eigenvalue weighted by Crippen LogP contribution is 1.98. The van der Waals surface area contributed by atoms with Crippen molar-refractivity contribution in [1.29, 1.82) is 0 Å². The predicted molar refractivity (Wildman–Crippen MR) is 57.8 cm³/mol. The Morgan fingerprint density at radius 2 is 1.93 bits per heavy atom. The molecule has 0 radical (unpaired) electrons. The molecule has 0 aromatic carbocycles. The molecule has 5 heteroatoms. The molecule has 1 unspecified atom stereocenters. The smallest absolute Gasteiger partial charge is 0.326 e. The second-order valence-corrected chi connectivity index (χ2v) is 3.55. The Morgan fingerprint density at radius 1 is 1.33 bits per heavy atom. The van der Waals surface area contributed by atoms with Gasteiger partial charge in [-0.15, -0.1) is 0 Å². The molecule has 0 spiro atoms. The molecule has 88 valence electrons. The third-order valence-electron chi connectivity index (χ3n) is 2.08. The standard InChI is InChI=1S/C10H20N2O3/c1-4-6-8(9(13)14)11-10(15)12(3)7-5-2/h8H,4-7H2,1-3H3,(H,11,15)(H,13,14). The van der Waals surface area contributed by atoms with Crippen LogP contribution in [0.1, 0.15) is 33.1 Å². The van der Waals surface area contributed by atoms with Crippen molar-refractivity contribution in [3.63, 3.8) is 0 Å². The number of carbonyl (C=O) groups excluding carboxylic acids is 1. The van der Waals surface area contributed by atoms with Gasteiger partial charge in [0.05, 0.1) is 0 Å². The first-order valence-electron chi connectivity index (χ1n) is 5.27.